The maximum Gasteiger partial charge on any atom is 0.113 e. The van der Waals surface area contributed by atoms with Crippen LogP contribution in [0.5, 0.6) is 0 Å². The van der Waals surface area contributed by atoms with Crippen LogP contribution in [0.25, 0.3) is 0 Å². The van der Waals surface area contributed by atoms with Crippen molar-refractivity contribution in [3.63, 3.8) is 0 Å². The molecule has 1 saturated heterocycles. The topological polar surface area (TPSA) is 51.1 Å². The first-order valence-corrected chi connectivity index (χ1v) is 5.40. The molecule has 0 aromatic heterocycles. The first-order chi connectivity index (χ1) is 6.29. The molecule has 1 aliphatic heterocycles. The summed E-state index contributed by atoms with van der Waals surface area (Å²) >= 11 is 3.41. The Balaban J connectivity index is 2.20. The van der Waals surface area contributed by atoms with E-state index in [0.29, 0.717) is 11.9 Å². The molecule has 74 valence electrons. The fraction of sp³-hybridized carbons (Fsp3) is 0.625. The minimum Gasteiger partial charge on any atom is -0.394 e. The lowest BCUT2D eigenvalue weighted by molar-refractivity contribution is 0.197. The molecule has 0 bridgehead atoms. The number of halogens is 1. The Labute approximate surface area is 87.0 Å². The predicted molar refractivity (Wildman–Crippen MR) is 58.0 cm³/mol. The normalized spacial score (nSPS) is 22.2. The van der Waals surface area contributed by atoms with E-state index < -0.39 is 0 Å². The summed E-state index contributed by atoms with van der Waals surface area (Å²) in [6, 6.07) is 0.440. The van der Waals surface area contributed by atoms with E-state index in [1.807, 2.05) is 24.3 Å². The van der Waals surface area contributed by atoms with E-state index in [-0.39, 0.29) is 0 Å². The van der Waals surface area contributed by atoms with Crippen molar-refractivity contribution in [2.75, 3.05) is 18.9 Å². The molecule has 1 heterocycles. The van der Waals surface area contributed by atoms with Crippen LogP contribution in [0.2, 0.25) is 0 Å². The van der Waals surface area contributed by atoms with Gasteiger partial charge in [0.05, 0.1) is 6.04 Å². The second kappa shape index (κ2) is 5.24. The second-order valence-corrected chi connectivity index (χ2v) is 3.53. The average molecular weight is 247 g/mol. The fourth-order valence-corrected chi connectivity index (χ4v) is 1.72. The molecule has 1 aliphatic rings. The highest BCUT2D eigenvalue weighted by molar-refractivity contribution is 9.09. The molecule has 0 radical (unpaired) electrons. The smallest absolute Gasteiger partial charge is 0.113 e. The third-order valence-corrected chi connectivity index (χ3v) is 2.67. The Morgan fingerprint density at radius 3 is 3.08 bits per heavy atom. The van der Waals surface area contributed by atoms with Gasteiger partial charge in [-0.15, -0.1) is 0 Å². The van der Waals surface area contributed by atoms with Gasteiger partial charge in [0.2, 0.25) is 0 Å². The van der Waals surface area contributed by atoms with E-state index >= 15 is 0 Å². The lowest BCUT2D eigenvalue weighted by Crippen LogP contribution is -2.59. The molecule has 5 heteroatoms. The summed E-state index contributed by atoms with van der Waals surface area (Å²) < 4.78 is 0. The van der Waals surface area contributed by atoms with Crippen molar-refractivity contribution >= 4 is 21.8 Å². The van der Waals surface area contributed by atoms with Crippen LogP contribution in [0, 0.1) is 5.41 Å². The predicted octanol–water partition coefficient (Wildman–Crippen LogP) is 0.671. The van der Waals surface area contributed by atoms with Gasteiger partial charge < -0.3 is 5.32 Å². The largest absolute Gasteiger partial charge is 0.394 e. The Morgan fingerprint density at radius 1 is 1.77 bits per heavy atom. The monoisotopic (exact) mass is 246 g/mol. The maximum atomic E-state index is 7.50. The third kappa shape index (κ3) is 2.70. The zero-order chi connectivity index (χ0) is 9.68. The summed E-state index contributed by atoms with van der Waals surface area (Å²) in [7, 11) is 1.86. The minimum absolute atomic E-state index is 0.440. The second-order valence-electron chi connectivity index (χ2n) is 2.88. The van der Waals surface area contributed by atoms with Crippen LogP contribution in [0.15, 0.2) is 12.3 Å². The molecular weight excluding hydrogens is 232 g/mol. The van der Waals surface area contributed by atoms with Crippen molar-refractivity contribution < 1.29 is 0 Å². The molecule has 13 heavy (non-hydrogen) atoms. The number of hydrogen-bond acceptors (Lipinski definition) is 3. The quantitative estimate of drug-likeness (QED) is 0.626. The van der Waals surface area contributed by atoms with E-state index in [1.54, 1.807) is 0 Å². The molecule has 0 aromatic carbocycles. The molecule has 0 aromatic rings. The van der Waals surface area contributed by atoms with Gasteiger partial charge in [-0.25, -0.2) is 5.43 Å². The lowest BCUT2D eigenvalue weighted by atomic mass is 10.1. The van der Waals surface area contributed by atoms with Gasteiger partial charge >= 0.3 is 0 Å². The summed E-state index contributed by atoms with van der Waals surface area (Å²) in [5, 5.41) is 13.2. The van der Waals surface area contributed by atoms with Gasteiger partial charge in [-0.1, -0.05) is 22.0 Å². The van der Waals surface area contributed by atoms with Crippen molar-refractivity contribution in [3.8, 4) is 0 Å². The van der Waals surface area contributed by atoms with Crippen molar-refractivity contribution in [1.29, 1.82) is 5.41 Å². The number of nitrogens with one attached hydrogen (secondary N) is 3. The van der Waals surface area contributed by atoms with Crippen molar-refractivity contribution in [1.82, 2.24) is 15.8 Å². The van der Waals surface area contributed by atoms with Crippen LogP contribution < -0.4 is 10.7 Å². The fourth-order valence-electron chi connectivity index (χ4n) is 1.20. The highest BCUT2D eigenvalue weighted by Gasteiger charge is 2.31. The first-order valence-electron chi connectivity index (χ1n) is 4.28. The maximum absolute atomic E-state index is 7.50. The molecule has 4 nitrogen and oxygen atoms in total. The summed E-state index contributed by atoms with van der Waals surface area (Å²) in [6.45, 7) is 0.757. The van der Waals surface area contributed by atoms with Crippen LogP contribution in [0.4, 0.5) is 0 Å². The SMILES string of the molecule is CN/C=C/CNN1C(=N)CC1CBr. The molecule has 0 amide bonds. The van der Waals surface area contributed by atoms with E-state index in [9.17, 15) is 0 Å². The molecular formula is C8H15BrN4. The zero-order valence-electron chi connectivity index (χ0n) is 7.68. The van der Waals surface area contributed by atoms with Crippen molar-refractivity contribution in [2.24, 2.45) is 0 Å². The Hall–Kier alpha value is -0.550. The number of hydrogen-bond donors (Lipinski definition) is 3. The van der Waals surface area contributed by atoms with Crippen LogP contribution in [0.3, 0.4) is 0 Å². The summed E-state index contributed by atoms with van der Waals surface area (Å²) in [6.07, 6.45) is 4.73. The first kappa shape index (κ1) is 10.5. The average Bonchev–Trinajstić information content (AvgIpc) is 2.13. The molecule has 0 aliphatic carbocycles. The zero-order valence-corrected chi connectivity index (χ0v) is 9.26. The molecule has 0 saturated carbocycles. The number of hydrazine groups is 1. The van der Waals surface area contributed by atoms with E-state index in [2.05, 4.69) is 26.7 Å². The number of amidine groups is 1. The lowest BCUT2D eigenvalue weighted by Gasteiger charge is -2.41. The van der Waals surface area contributed by atoms with E-state index in [0.717, 1.165) is 18.3 Å². The van der Waals surface area contributed by atoms with Crippen LogP contribution >= 0.6 is 15.9 Å². The molecule has 1 rings (SSSR count). The Bertz CT molecular complexity index is 204. The van der Waals surface area contributed by atoms with E-state index in [4.69, 9.17) is 5.41 Å². The molecule has 3 N–H and O–H groups in total. The number of rotatable bonds is 5. The molecule has 1 unspecified atom stereocenters. The molecule has 1 fully saturated rings. The van der Waals surface area contributed by atoms with Crippen LogP contribution in [-0.4, -0.2) is 35.8 Å². The Morgan fingerprint density at radius 2 is 2.54 bits per heavy atom. The third-order valence-electron chi connectivity index (χ3n) is 1.93. The molecule has 0 spiro atoms. The van der Waals surface area contributed by atoms with Gasteiger partial charge in [0.15, 0.2) is 0 Å². The summed E-state index contributed by atoms with van der Waals surface area (Å²) in [4.78, 5) is 0. The van der Waals surface area contributed by atoms with Gasteiger partial charge in [-0.3, -0.25) is 10.4 Å². The standard InChI is InChI=1S/C8H15BrN4/c1-11-3-2-4-12-13-7(6-9)5-8(13)10/h2-3,7,10-12H,4-6H2,1H3/b3-2+,10-8?. The van der Waals surface area contributed by atoms with Crippen LogP contribution in [-0.2, 0) is 0 Å². The van der Waals surface area contributed by atoms with Gasteiger partial charge in [0.1, 0.15) is 5.84 Å². The summed E-state index contributed by atoms with van der Waals surface area (Å²) in [5.41, 5.74) is 3.16. The van der Waals surface area contributed by atoms with Crippen molar-refractivity contribution in [3.05, 3.63) is 12.3 Å². The van der Waals surface area contributed by atoms with E-state index in [1.165, 1.54) is 0 Å². The highest BCUT2D eigenvalue weighted by atomic mass is 79.9. The van der Waals surface area contributed by atoms with Gasteiger partial charge in [0.25, 0.3) is 0 Å². The van der Waals surface area contributed by atoms with Crippen molar-refractivity contribution in [2.45, 2.75) is 12.5 Å². The van der Waals surface area contributed by atoms with Gasteiger partial charge in [-0.2, -0.15) is 0 Å². The number of nitrogens with zero attached hydrogens (tertiary/aromatic N) is 1. The number of alkyl halides is 1. The van der Waals surface area contributed by atoms with Gasteiger partial charge in [0, 0.05) is 25.3 Å². The summed E-state index contributed by atoms with van der Waals surface area (Å²) in [5.74, 6) is 0.669. The molecule has 1 atom stereocenters. The van der Waals surface area contributed by atoms with Gasteiger partial charge in [-0.05, 0) is 6.20 Å². The highest BCUT2D eigenvalue weighted by Crippen LogP contribution is 2.18. The minimum atomic E-state index is 0.440. The van der Waals surface area contributed by atoms with Crippen LogP contribution in [0.1, 0.15) is 6.42 Å². The Kier molecular flexibility index (Phi) is 4.24.